The number of rotatable bonds is 4. The van der Waals surface area contributed by atoms with Crippen LogP contribution in [0.25, 0.3) is 0 Å². The van der Waals surface area contributed by atoms with Crippen LogP contribution < -0.4 is 0 Å². The molecule has 77 valence electrons. The van der Waals surface area contributed by atoms with Crippen LogP contribution in [0, 0.1) is 0 Å². The summed E-state index contributed by atoms with van der Waals surface area (Å²) in [4.78, 5) is 10.0. The van der Waals surface area contributed by atoms with E-state index in [1.165, 1.54) is 0 Å². The van der Waals surface area contributed by atoms with Gasteiger partial charge in [-0.15, -0.1) is 0 Å². The third-order valence-corrected chi connectivity index (χ3v) is 2.91. The fourth-order valence-electron chi connectivity index (χ4n) is 1.12. The molecule has 13 heavy (non-hydrogen) atoms. The van der Waals surface area contributed by atoms with Gasteiger partial charge in [-0.05, 0) is 13.3 Å². The first-order valence-electron chi connectivity index (χ1n) is 5.24. The Labute approximate surface area is 90.0 Å². The molecule has 0 atom stereocenters. The summed E-state index contributed by atoms with van der Waals surface area (Å²) in [6, 6.07) is 0. The molecule has 0 spiro atoms. The molecule has 0 aromatic rings. The summed E-state index contributed by atoms with van der Waals surface area (Å²) in [6.45, 7) is 12.8. The highest BCUT2D eigenvalue weighted by Crippen LogP contribution is 2.07. The molecule has 1 radical (unpaired) electrons. The van der Waals surface area contributed by atoms with Crippen molar-refractivity contribution in [2.24, 2.45) is 0 Å². The largest absolute Gasteiger partial charge is 0.300 e. The normalized spacial score (nSPS) is 9.54. The first kappa shape index (κ1) is 15.7. The van der Waals surface area contributed by atoms with Crippen molar-refractivity contribution < 1.29 is 4.79 Å². The van der Waals surface area contributed by atoms with E-state index in [4.69, 9.17) is 0 Å². The first-order valence-corrected chi connectivity index (χ1v) is 6.57. The summed E-state index contributed by atoms with van der Waals surface area (Å²) in [6.07, 6.45) is 1.72. The Kier molecular flexibility index (Phi) is 12.4. The third kappa shape index (κ3) is 24.5. The Hall–Kier alpha value is 0.202. The Morgan fingerprint density at radius 3 is 1.54 bits per heavy atom. The molecule has 1 nitrogen and oxygen atoms in total. The molecule has 0 aliphatic carbocycles. The third-order valence-electron chi connectivity index (χ3n) is 1.37. The molecule has 0 fully saturated rings. The molecular weight excluding hydrogens is 175 g/mol. The van der Waals surface area contributed by atoms with Crippen LogP contribution in [0.15, 0.2) is 0 Å². The lowest BCUT2D eigenvalue weighted by molar-refractivity contribution is -0.117. The van der Waals surface area contributed by atoms with Gasteiger partial charge in [-0.25, -0.2) is 0 Å². The smallest absolute Gasteiger partial charge is 0.208 e. The number of carbonyl (C=O) groups excluding carboxylic acids is 1. The summed E-state index contributed by atoms with van der Waals surface area (Å²) < 4.78 is 1.92. The Morgan fingerprint density at radius 1 is 1.15 bits per heavy atom. The molecule has 2 heteroatoms. The van der Waals surface area contributed by atoms with E-state index in [0.29, 0.717) is 15.2 Å². The van der Waals surface area contributed by atoms with Crippen molar-refractivity contribution in [2.75, 3.05) is 0 Å². The average Bonchev–Trinajstić information content (AvgIpc) is 1.83. The van der Waals surface area contributed by atoms with Crippen molar-refractivity contribution in [3.05, 3.63) is 0 Å². The minimum absolute atomic E-state index is 0.289. The van der Waals surface area contributed by atoms with Crippen molar-refractivity contribution in [3.63, 3.8) is 0 Å². The molecule has 0 unspecified atom stereocenters. The molecule has 0 aromatic carbocycles. The highest BCUT2D eigenvalue weighted by molar-refractivity contribution is 6.38. The van der Waals surface area contributed by atoms with E-state index in [1.807, 2.05) is 6.92 Å². The molecule has 0 aliphatic heterocycles. The summed E-state index contributed by atoms with van der Waals surface area (Å²) >= 11 is 0.713. The lowest BCUT2D eigenvalue weighted by atomic mass is 10.3. The van der Waals surface area contributed by atoms with Crippen molar-refractivity contribution in [1.29, 1.82) is 0 Å². The van der Waals surface area contributed by atoms with Crippen molar-refractivity contribution >= 4 is 21.0 Å². The Morgan fingerprint density at radius 2 is 1.54 bits per heavy atom. The van der Waals surface area contributed by atoms with Gasteiger partial charge in [0, 0.05) is 6.42 Å². The predicted molar refractivity (Wildman–Crippen MR) is 61.5 cm³/mol. The van der Waals surface area contributed by atoms with Crippen molar-refractivity contribution in [3.8, 4) is 0 Å². The molecule has 0 aromatic heterocycles. The number of Topliss-reactive ketones (excluding diaryl/α,β-unsaturated/α-hetero) is 1. The van der Waals surface area contributed by atoms with E-state index in [1.54, 1.807) is 6.92 Å². The maximum atomic E-state index is 10.0. The molecule has 0 N–H and O–H groups in total. The van der Waals surface area contributed by atoms with Gasteiger partial charge in [0.1, 0.15) is 5.78 Å². The van der Waals surface area contributed by atoms with Gasteiger partial charge in [-0.1, -0.05) is 44.2 Å². The number of hydrogen-bond donors (Lipinski definition) is 0. The quantitative estimate of drug-likeness (QED) is 0.631. The van der Waals surface area contributed by atoms with Gasteiger partial charge in [0.05, 0.1) is 0 Å². The predicted octanol–water partition coefficient (Wildman–Crippen LogP) is 3.72. The Bertz CT molecular complexity index is 113. The van der Waals surface area contributed by atoms with Gasteiger partial charge in [-0.2, -0.15) is 0 Å². The van der Waals surface area contributed by atoms with Gasteiger partial charge in [0.15, 0.2) is 0 Å². The number of carbonyl (C=O) groups is 1. The zero-order chi connectivity index (χ0) is 10.9. The van der Waals surface area contributed by atoms with Crippen LogP contribution in [0.4, 0.5) is 0 Å². The summed E-state index contributed by atoms with van der Waals surface area (Å²) in [5.41, 5.74) is 0. The molecule has 0 amide bonds. The van der Waals surface area contributed by atoms with Crippen LogP contribution in [0.2, 0.25) is 9.56 Å². The maximum absolute atomic E-state index is 10.0. The molecule has 0 bridgehead atoms. The van der Waals surface area contributed by atoms with Crippen molar-refractivity contribution in [2.45, 2.75) is 63.9 Å². The fraction of sp³-hybridized carbons (Fsp3) is 0.909. The van der Waals surface area contributed by atoms with Crippen LogP contribution in [-0.4, -0.2) is 21.0 Å². The van der Waals surface area contributed by atoms with Crippen molar-refractivity contribution in [1.82, 2.24) is 0 Å². The van der Waals surface area contributed by atoms with Crippen LogP contribution in [-0.2, 0) is 4.79 Å². The van der Waals surface area contributed by atoms with Gasteiger partial charge in [0.2, 0.25) is 15.2 Å². The van der Waals surface area contributed by atoms with E-state index in [0.717, 1.165) is 22.4 Å². The fourth-order valence-corrected chi connectivity index (χ4v) is 2.66. The minimum Gasteiger partial charge on any atom is -0.300 e. The topological polar surface area (TPSA) is 17.1 Å². The van der Waals surface area contributed by atoms with Crippen LogP contribution in [0.3, 0.4) is 0 Å². The lowest BCUT2D eigenvalue weighted by Crippen LogP contribution is -1.98. The molecule has 0 saturated heterocycles. The second-order valence-corrected chi connectivity index (χ2v) is 7.18. The van der Waals surface area contributed by atoms with E-state index < -0.39 is 0 Å². The van der Waals surface area contributed by atoms with E-state index in [-0.39, 0.29) is 5.78 Å². The average molecular weight is 199 g/mol. The summed E-state index contributed by atoms with van der Waals surface area (Å²) in [5.74, 6) is 0.289. The lowest BCUT2D eigenvalue weighted by Gasteiger charge is -2.02. The van der Waals surface area contributed by atoms with Crippen LogP contribution in [0.5, 0.6) is 0 Å². The molecular formula is C11H24AlO. The monoisotopic (exact) mass is 199 g/mol. The van der Waals surface area contributed by atoms with E-state index >= 15 is 0 Å². The van der Waals surface area contributed by atoms with Crippen LogP contribution in [0.1, 0.15) is 54.4 Å². The second kappa shape index (κ2) is 10.3. The minimum atomic E-state index is 0.289. The van der Waals surface area contributed by atoms with Gasteiger partial charge in [0.25, 0.3) is 0 Å². The molecule has 0 rings (SSSR count). The van der Waals surface area contributed by atoms with Gasteiger partial charge < -0.3 is 4.79 Å². The second-order valence-electron chi connectivity index (χ2n) is 4.13. The SMILES string of the molecule is CCCC(C)=O.C[CH](C)[Al][CH](C)C. The van der Waals surface area contributed by atoms with Gasteiger partial charge >= 0.3 is 0 Å². The number of hydrogen-bond acceptors (Lipinski definition) is 1. The summed E-state index contributed by atoms with van der Waals surface area (Å²) in [5, 5.41) is 0. The Balaban J connectivity index is 0. The highest BCUT2D eigenvalue weighted by atomic mass is 27.1. The van der Waals surface area contributed by atoms with E-state index in [2.05, 4.69) is 27.7 Å². The highest BCUT2D eigenvalue weighted by Gasteiger charge is 1.99. The van der Waals surface area contributed by atoms with Crippen LogP contribution >= 0.6 is 0 Å². The number of ketones is 1. The van der Waals surface area contributed by atoms with Gasteiger partial charge in [-0.3, -0.25) is 0 Å². The molecule has 0 heterocycles. The zero-order valence-electron chi connectivity index (χ0n) is 10.1. The molecule has 0 saturated carbocycles. The molecule has 0 aliphatic rings. The zero-order valence-corrected chi connectivity index (χ0v) is 11.2. The first-order chi connectivity index (χ1) is 5.90. The van der Waals surface area contributed by atoms with E-state index in [9.17, 15) is 4.79 Å². The standard InChI is InChI=1S/C5H10O.2C3H7.Al/c1-3-4-5(2)6;2*1-3-2;/h3-4H2,1-2H3;2*3H,1-2H3;. The maximum Gasteiger partial charge on any atom is 0.208 e. The summed E-state index contributed by atoms with van der Waals surface area (Å²) in [7, 11) is 0.